The summed E-state index contributed by atoms with van der Waals surface area (Å²) < 4.78 is 33.2. The summed E-state index contributed by atoms with van der Waals surface area (Å²) in [6.07, 6.45) is 2.12. The maximum Gasteiger partial charge on any atom is 0.262 e. The maximum atomic E-state index is 12.7. The normalized spacial score (nSPS) is 13.9. The van der Waals surface area contributed by atoms with Gasteiger partial charge in [0.25, 0.3) is 15.9 Å². The summed E-state index contributed by atoms with van der Waals surface area (Å²) in [4.78, 5) is 25.8. The van der Waals surface area contributed by atoms with E-state index in [1.54, 1.807) is 35.2 Å². The van der Waals surface area contributed by atoms with Gasteiger partial charge < -0.3 is 15.0 Å². The maximum absolute atomic E-state index is 12.7. The Kier molecular flexibility index (Phi) is 6.94. The number of nitrogens with one attached hydrogen (secondary N) is 2. The van der Waals surface area contributed by atoms with Crippen LogP contribution >= 0.6 is 0 Å². The second-order valence-electron chi connectivity index (χ2n) is 6.93. The molecule has 2 aromatic rings. The summed E-state index contributed by atoms with van der Waals surface area (Å²) in [6, 6.07) is 12.5. The van der Waals surface area contributed by atoms with Gasteiger partial charge in [0.2, 0.25) is 5.91 Å². The zero-order valence-corrected chi connectivity index (χ0v) is 17.6. The zero-order chi connectivity index (χ0) is 21.6. The molecule has 8 nitrogen and oxygen atoms in total. The van der Waals surface area contributed by atoms with Crippen molar-refractivity contribution in [1.29, 1.82) is 0 Å². The smallest absolute Gasteiger partial charge is 0.262 e. The third kappa shape index (κ3) is 5.29. The first kappa shape index (κ1) is 21.6. The number of methoxy groups -OCH3 is 1. The van der Waals surface area contributed by atoms with E-state index in [1.165, 1.54) is 25.3 Å². The van der Waals surface area contributed by atoms with Crippen molar-refractivity contribution in [3.8, 4) is 5.75 Å². The number of hydrogen-bond donors (Lipinski definition) is 2. The Hall–Kier alpha value is -3.07. The van der Waals surface area contributed by atoms with Crippen molar-refractivity contribution in [3.63, 3.8) is 0 Å². The number of likely N-dealkylation sites (tertiary alicyclic amines) is 1. The molecule has 2 aromatic carbocycles. The second kappa shape index (κ2) is 9.62. The molecule has 0 aromatic heterocycles. The molecule has 0 atom stereocenters. The van der Waals surface area contributed by atoms with Crippen LogP contribution in [0.25, 0.3) is 0 Å². The lowest BCUT2D eigenvalue weighted by atomic mass is 10.2. The van der Waals surface area contributed by atoms with Crippen molar-refractivity contribution in [1.82, 2.24) is 10.2 Å². The highest BCUT2D eigenvalue weighted by molar-refractivity contribution is 7.92. The Morgan fingerprint density at radius 3 is 2.70 bits per heavy atom. The van der Waals surface area contributed by atoms with Crippen LogP contribution in [0.2, 0.25) is 0 Å². The lowest BCUT2D eigenvalue weighted by molar-refractivity contribution is -0.127. The Morgan fingerprint density at radius 1 is 1.17 bits per heavy atom. The molecule has 160 valence electrons. The number of anilines is 1. The van der Waals surface area contributed by atoms with Gasteiger partial charge in [0.1, 0.15) is 5.75 Å². The van der Waals surface area contributed by atoms with Crippen LogP contribution in [0.4, 0.5) is 5.69 Å². The average molecular weight is 432 g/mol. The molecule has 0 radical (unpaired) electrons. The largest absolute Gasteiger partial charge is 0.495 e. The van der Waals surface area contributed by atoms with E-state index in [0.717, 1.165) is 13.0 Å². The van der Waals surface area contributed by atoms with Gasteiger partial charge in [0.15, 0.2) is 0 Å². The number of nitrogens with zero attached hydrogens (tertiary/aromatic N) is 1. The van der Waals surface area contributed by atoms with Crippen molar-refractivity contribution in [2.45, 2.75) is 24.2 Å². The molecule has 3 rings (SSSR count). The third-order valence-electron chi connectivity index (χ3n) is 4.82. The van der Waals surface area contributed by atoms with E-state index in [1.807, 2.05) is 0 Å². The quantitative estimate of drug-likeness (QED) is 0.593. The third-order valence-corrected chi connectivity index (χ3v) is 6.18. The highest BCUT2D eigenvalue weighted by Crippen LogP contribution is 2.26. The van der Waals surface area contributed by atoms with E-state index >= 15 is 0 Å². The van der Waals surface area contributed by atoms with E-state index < -0.39 is 10.0 Å². The van der Waals surface area contributed by atoms with Crippen LogP contribution in [0.1, 0.15) is 29.6 Å². The molecule has 30 heavy (non-hydrogen) atoms. The second-order valence-corrected chi connectivity index (χ2v) is 8.61. The Bertz CT molecular complexity index is 1020. The fraction of sp³-hybridized carbons (Fsp3) is 0.333. The van der Waals surface area contributed by atoms with E-state index in [-0.39, 0.29) is 22.3 Å². The average Bonchev–Trinajstić information content (AvgIpc) is 3.16. The molecule has 0 spiro atoms. The monoisotopic (exact) mass is 431 g/mol. The van der Waals surface area contributed by atoms with Crippen LogP contribution in [0.3, 0.4) is 0 Å². The number of amides is 2. The fourth-order valence-corrected chi connectivity index (χ4v) is 4.37. The van der Waals surface area contributed by atoms with Gasteiger partial charge in [-0.25, -0.2) is 8.42 Å². The molecule has 0 unspecified atom stereocenters. The number of benzene rings is 2. The summed E-state index contributed by atoms with van der Waals surface area (Å²) in [5, 5.41) is 2.77. The van der Waals surface area contributed by atoms with E-state index in [0.29, 0.717) is 37.4 Å². The van der Waals surface area contributed by atoms with E-state index in [9.17, 15) is 18.0 Å². The van der Waals surface area contributed by atoms with Gasteiger partial charge in [-0.3, -0.25) is 14.3 Å². The summed E-state index contributed by atoms with van der Waals surface area (Å²) in [5.41, 5.74) is 0.557. The fourth-order valence-electron chi connectivity index (χ4n) is 3.25. The molecule has 9 heteroatoms. The Morgan fingerprint density at radius 2 is 1.97 bits per heavy atom. The highest BCUT2D eigenvalue weighted by Gasteiger charge is 2.20. The van der Waals surface area contributed by atoms with Crippen LogP contribution in [-0.4, -0.2) is 51.9 Å². The first-order valence-electron chi connectivity index (χ1n) is 9.72. The van der Waals surface area contributed by atoms with Gasteiger partial charge in [-0.15, -0.1) is 0 Å². The van der Waals surface area contributed by atoms with Gasteiger partial charge in [-0.1, -0.05) is 18.2 Å². The number of carbonyl (C=O) groups excluding carboxylic acids is 2. The standard InChI is InChI=1S/C21H25N3O5S/c1-29-19-10-3-2-9-18(19)23-30(27,28)17-8-4-7-16(15-17)21(26)22-12-6-14-24-13-5-11-20(24)25/h2-4,7-10,15,23H,5-6,11-14H2,1H3,(H,22,26). The van der Waals surface area contributed by atoms with Crippen LogP contribution in [0, 0.1) is 0 Å². The molecule has 2 N–H and O–H groups in total. The summed E-state index contributed by atoms with van der Waals surface area (Å²) in [5.74, 6) is 0.185. The SMILES string of the molecule is COc1ccccc1NS(=O)(=O)c1cccc(C(=O)NCCCN2CCCC2=O)c1. The topological polar surface area (TPSA) is 105 Å². The van der Waals surface area contributed by atoms with Crippen LogP contribution < -0.4 is 14.8 Å². The highest BCUT2D eigenvalue weighted by atomic mass is 32.2. The molecule has 2 amide bonds. The molecule has 0 aliphatic carbocycles. The minimum Gasteiger partial charge on any atom is -0.495 e. The molecular weight excluding hydrogens is 406 g/mol. The van der Waals surface area contributed by atoms with Crippen LogP contribution in [0.15, 0.2) is 53.4 Å². The predicted molar refractivity (Wildman–Crippen MR) is 113 cm³/mol. The van der Waals surface area contributed by atoms with Gasteiger partial charge in [-0.2, -0.15) is 0 Å². The minimum atomic E-state index is -3.90. The summed E-state index contributed by atoms with van der Waals surface area (Å²) in [6.45, 7) is 1.78. The van der Waals surface area contributed by atoms with Gasteiger partial charge in [-0.05, 0) is 43.2 Å². The summed E-state index contributed by atoms with van der Waals surface area (Å²) >= 11 is 0. The molecule has 1 fully saturated rings. The number of carbonyl (C=O) groups is 2. The lowest BCUT2D eigenvalue weighted by Crippen LogP contribution is -2.30. The molecule has 0 saturated carbocycles. The van der Waals surface area contributed by atoms with Gasteiger partial charge in [0, 0.05) is 31.6 Å². The zero-order valence-electron chi connectivity index (χ0n) is 16.8. The number of rotatable bonds is 9. The van der Waals surface area contributed by atoms with E-state index in [2.05, 4.69) is 10.0 Å². The van der Waals surface area contributed by atoms with Crippen molar-refractivity contribution in [2.75, 3.05) is 31.5 Å². The van der Waals surface area contributed by atoms with Crippen LogP contribution in [-0.2, 0) is 14.8 Å². The van der Waals surface area contributed by atoms with Crippen molar-refractivity contribution in [2.24, 2.45) is 0 Å². The first-order valence-corrected chi connectivity index (χ1v) is 11.2. The molecular formula is C21H25N3O5S. The molecule has 1 aliphatic heterocycles. The van der Waals surface area contributed by atoms with Crippen molar-refractivity contribution < 1.29 is 22.7 Å². The molecule has 1 heterocycles. The van der Waals surface area contributed by atoms with Gasteiger partial charge in [0.05, 0.1) is 17.7 Å². The number of ether oxygens (including phenoxy) is 1. The summed E-state index contributed by atoms with van der Waals surface area (Å²) in [7, 11) is -2.44. The number of hydrogen-bond acceptors (Lipinski definition) is 5. The Labute approximate surface area is 176 Å². The number of sulfonamides is 1. The predicted octanol–water partition coefficient (Wildman–Crippen LogP) is 2.24. The molecule has 1 saturated heterocycles. The molecule has 1 aliphatic rings. The first-order chi connectivity index (χ1) is 14.4. The molecule has 0 bridgehead atoms. The van der Waals surface area contributed by atoms with Crippen LogP contribution in [0.5, 0.6) is 5.75 Å². The van der Waals surface area contributed by atoms with Crippen molar-refractivity contribution >= 4 is 27.5 Å². The van der Waals surface area contributed by atoms with E-state index in [4.69, 9.17) is 4.74 Å². The number of para-hydroxylation sites is 2. The van der Waals surface area contributed by atoms with Crippen molar-refractivity contribution in [3.05, 3.63) is 54.1 Å². The van der Waals surface area contributed by atoms with Gasteiger partial charge >= 0.3 is 0 Å². The Balaban J connectivity index is 1.61. The minimum absolute atomic E-state index is 0.0243. The lowest BCUT2D eigenvalue weighted by Gasteiger charge is -2.15.